The fourth-order valence-electron chi connectivity index (χ4n) is 4.24. The van der Waals surface area contributed by atoms with Crippen LogP contribution in [0, 0.1) is 13.8 Å². The molecule has 0 radical (unpaired) electrons. The summed E-state index contributed by atoms with van der Waals surface area (Å²) in [5.41, 5.74) is 5.58. The lowest BCUT2D eigenvalue weighted by molar-refractivity contribution is 0.0596. The van der Waals surface area contributed by atoms with Crippen LogP contribution < -0.4 is 0 Å². The number of methoxy groups -OCH3 is 2. The number of aromatic nitrogens is 2. The fourth-order valence-corrected chi connectivity index (χ4v) is 4.24. The van der Waals surface area contributed by atoms with Gasteiger partial charge in [0, 0.05) is 25.5 Å². The molecule has 0 aliphatic rings. The monoisotopic (exact) mass is 475 g/mol. The number of rotatable bonds is 10. The van der Waals surface area contributed by atoms with Gasteiger partial charge in [0.1, 0.15) is 0 Å². The third-order valence-electron chi connectivity index (χ3n) is 6.15. The Hall–Kier alpha value is -3.58. The Morgan fingerprint density at radius 1 is 0.914 bits per heavy atom. The van der Waals surface area contributed by atoms with Crippen LogP contribution in [-0.2, 0) is 22.6 Å². The van der Waals surface area contributed by atoms with Crippen molar-refractivity contribution in [1.29, 1.82) is 0 Å². The van der Waals surface area contributed by atoms with Gasteiger partial charge in [0.15, 0.2) is 0 Å². The molecule has 0 amide bonds. The molecule has 0 unspecified atom stereocenters. The molecule has 1 atom stereocenters. The van der Waals surface area contributed by atoms with Gasteiger partial charge in [-0.05, 0) is 61.2 Å². The molecule has 0 saturated heterocycles. The van der Waals surface area contributed by atoms with E-state index in [1.54, 1.807) is 18.3 Å². The van der Waals surface area contributed by atoms with Crippen LogP contribution in [0.3, 0.4) is 0 Å². The van der Waals surface area contributed by atoms with E-state index in [1.165, 1.54) is 20.3 Å². The topological polar surface area (TPSA) is 81.6 Å². The third-order valence-corrected chi connectivity index (χ3v) is 6.15. The standard InChI is InChI=1S/C28H33N3O4/c1-6-9-25(26-20(3)11-8-15-30-26)31(18-24-19(2)10-7-14-29-24)17-22-13-12-21(27(32)34-4)16-23(22)28(33)35-5/h7-8,10-16,25H,6,9,17-18H2,1-5H3/t25-/m0/s1. The summed E-state index contributed by atoms with van der Waals surface area (Å²) < 4.78 is 9.88. The number of carbonyl (C=O) groups excluding carboxylic acids is 2. The van der Waals surface area contributed by atoms with Crippen LogP contribution in [0.15, 0.2) is 54.9 Å². The SMILES string of the molecule is CCC[C@@H](c1ncccc1C)N(Cc1ccc(C(=O)OC)cc1C(=O)OC)Cc1ncccc1C. The maximum atomic E-state index is 12.7. The van der Waals surface area contributed by atoms with Crippen molar-refractivity contribution in [2.24, 2.45) is 0 Å². The second kappa shape index (κ2) is 12.2. The van der Waals surface area contributed by atoms with E-state index in [0.29, 0.717) is 24.2 Å². The van der Waals surface area contributed by atoms with E-state index >= 15 is 0 Å². The van der Waals surface area contributed by atoms with Gasteiger partial charge >= 0.3 is 11.9 Å². The molecule has 0 fully saturated rings. The highest BCUT2D eigenvalue weighted by molar-refractivity contribution is 5.96. The molecular formula is C28H33N3O4. The highest BCUT2D eigenvalue weighted by Crippen LogP contribution is 2.31. The summed E-state index contributed by atoms with van der Waals surface area (Å²) in [7, 11) is 2.65. The molecule has 7 nitrogen and oxygen atoms in total. The Bertz CT molecular complexity index is 1180. The normalized spacial score (nSPS) is 11.8. The predicted octanol–water partition coefficient (Wildman–Crippen LogP) is 5.21. The van der Waals surface area contributed by atoms with Crippen LogP contribution in [-0.4, -0.2) is 41.0 Å². The molecule has 184 valence electrons. The number of hydrogen-bond acceptors (Lipinski definition) is 7. The van der Waals surface area contributed by atoms with E-state index in [2.05, 4.69) is 29.8 Å². The van der Waals surface area contributed by atoms with Gasteiger partial charge in [0.2, 0.25) is 0 Å². The maximum Gasteiger partial charge on any atom is 0.338 e. The number of ether oxygens (including phenoxy) is 2. The van der Waals surface area contributed by atoms with Gasteiger partial charge in [-0.25, -0.2) is 9.59 Å². The molecule has 2 heterocycles. The summed E-state index contributed by atoms with van der Waals surface area (Å²) in [5, 5.41) is 0. The van der Waals surface area contributed by atoms with E-state index in [9.17, 15) is 9.59 Å². The first-order valence-corrected chi connectivity index (χ1v) is 11.7. The zero-order valence-corrected chi connectivity index (χ0v) is 21.1. The molecule has 35 heavy (non-hydrogen) atoms. The van der Waals surface area contributed by atoms with Crippen LogP contribution in [0.1, 0.15) is 74.6 Å². The molecule has 0 N–H and O–H groups in total. The van der Waals surface area contributed by atoms with Crippen molar-refractivity contribution in [1.82, 2.24) is 14.9 Å². The quantitative estimate of drug-likeness (QED) is 0.372. The van der Waals surface area contributed by atoms with Gasteiger partial charge in [-0.2, -0.15) is 0 Å². The Morgan fingerprint density at radius 3 is 2.23 bits per heavy atom. The highest BCUT2D eigenvalue weighted by atomic mass is 16.5. The van der Waals surface area contributed by atoms with Crippen molar-refractivity contribution < 1.29 is 19.1 Å². The second-order valence-corrected chi connectivity index (χ2v) is 8.54. The number of nitrogens with zero attached hydrogens (tertiary/aromatic N) is 3. The Morgan fingerprint density at radius 2 is 1.60 bits per heavy atom. The zero-order valence-electron chi connectivity index (χ0n) is 21.1. The highest BCUT2D eigenvalue weighted by Gasteiger charge is 2.26. The van der Waals surface area contributed by atoms with Crippen LogP contribution >= 0.6 is 0 Å². The molecule has 0 saturated carbocycles. The van der Waals surface area contributed by atoms with Crippen LogP contribution in [0.5, 0.6) is 0 Å². The first-order chi connectivity index (χ1) is 16.9. The molecule has 3 rings (SSSR count). The van der Waals surface area contributed by atoms with E-state index in [1.807, 2.05) is 31.3 Å². The molecule has 3 aromatic rings. The van der Waals surface area contributed by atoms with Gasteiger partial charge in [0.25, 0.3) is 0 Å². The maximum absolute atomic E-state index is 12.7. The summed E-state index contributed by atoms with van der Waals surface area (Å²) in [6.45, 7) is 7.29. The summed E-state index contributed by atoms with van der Waals surface area (Å²) in [6.07, 6.45) is 5.47. The smallest absolute Gasteiger partial charge is 0.338 e. The Balaban J connectivity index is 2.10. The largest absolute Gasteiger partial charge is 0.465 e. The van der Waals surface area contributed by atoms with E-state index in [-0.39, 0.29) is 6.04 Å². The Labute approximate surface area is 207 Å². The lowest BCUT2D eigenvalue weighted by Gasteiger charge is -2.33. The number of benzene rings is 1. The minimum Gasteiger partial charge on any atom is -0.465 e. The first kappa shape index (κ1) is 26.0. The summed E-state index contributed by atoms with van der Waals surface area (Å²) in [5.74, 6) is -1.00. The zero-order chi connectivity index (χ0) is 25.4. The lowest BCUT2D eigenvalue weighted by Crippen LogP contribution is -2.31. The molecular weight excluding hydrogens is 442 g/mol. The van der Waals surface area contributed by atoms with E-state index in [0.717, 1.165) is 40.9 Å². The van der Waals surface area contributed by atoms with Crippen molar-refractivity contribution in [2.45, 2.75) is 52.7 Å². The molecule has 1 aromatic carbocycles. The molecule has 0 bridgehead atoms. The van der Waals surface area contributed by atoms with Crippen LogP contribution in [0.4, 0.5) is 0 Å². The average Bonchev–Trinajstić information content (AvgIpc) is 2.88. The van der Waals surface area contributed by atoms with Crippen molar-refractivity contribution in [3.05, 3.63) is 94.1 Å². The van der Waals surface area contributed by atoms with E-state index in [4.69, 9.17) is 14.5 Å². The van der Waals surface area contributed by atoms with Crippen LogP contribution in [0.25, 0.3) is 0 Å². The Kier molecular flexibility index (Phi) is 9.09. The second-order valence-electron chi connectivity index (χ2n) is 8.54. The van der Waals surface area contributed by atoms with Gasteiger partial charge in [0.05, 0.1) is 42.8 Å². The van der Waals surface area contributed by atoms with Crippen molar-refractivity contribution in [3.8, 4) is 0 Å². The lowest BCUT2D eigenvalue weighted by atomic mass is 9.98. The number of pyridine rings is 2. The molecule has 0 spiro atoms. The third kappa shape index (κ3) is 6.31. The van der Waals surface area contributed by atoms with Crippen molar-refractivity contribution in [2.75, 3.05) is 14.2 Å². The number of esters is 2. The van der Waals surface area contributed by atoms with Gasteiger partial charge < -0.3 is 9.47 Å². The van der Waals surface area contributed by atoms with Crippen molar-refractivity contribution in [3.63, 3.8) is 0 Å². The van der Waals surface area contributed by atoms with Crippen molar-refractivity contribution >= 4 is 11.9 Å². The van der Waals surface area contributed by atoms with Crippen LogP contribution in [0.2, 0.25) is 0 Å². The average molecular weight is 476 g/mol. The summed E-state index contributed by atoms with van der Waals surface area (Å²) in [6, 6.07) is 13.0. The predicted molar refractivity (Wildman–Crippen MR) is 134 cm³/mol. The van der Waals surface area contributed by atoms with Gasteiger partial charge in [-0.15, -0.1) is 0 Å². The number of hydrogen-bond donors (Lipinski definition) is 0. The van der Waals surface area contributed by atoms with Gasteiger partial charge in [-0.1, -0.05) is 31.5 Å². The summed E-state index contributed by atoms with van der Waals surface area (Å²) >= 11 is 0. The molecule has 2 aromatic heterocycles. The molecule has 7 heteroatoms. The van der Waals surface area contributed by atoms with E-state index < -0.39 is 11.9 Å². The molecule has 0 aliphatic heterocycles. The number of aryl methyl sites for hydroxylation is 2. The minimum atomic E-state index is -0.504. The molecule has 0 aliphatic carbocycles. The minimum absolute atomic E-state index is 0.00777. The number of carbonyl (C=O) groups is 2. The fraction of sp³-hybridized carbons (Fsp3) is 0.357. The summed E-state index contributed by atoms with van der Waals surface area (Å²) in [4.78, 5) is 36.5. The van der Waals surface area contributed by atoms with Gasteiger partial charge in [-0.3, -0.25) is 14.9 Å². The first-order valence-electron chi connectivity index (χ1n) is 11.7.